The predicted octanol–water partition coefficient (Wildman–Crippen LogP) is 4.43. The third-order valence-electron chi connectivity index (χ3n) is 7.97. The summed E-state index contributed by atoms with van der Waals surface area (Å²) in [4.78, 5) is 16.7. The van der Waals surface area contributed by atoms with Gasteiger partial charge in [0, 0.05) is 43.8 Å². The fourth-order valence-corrected chi connectivity index (χ4v) is 6.04. The fourth-order valence-electron chi connectivity index (χ4n) is 6.04. The van der Waals surface area contributed by atoms with E-state index in [0.29, 0.717) is 36.4 Å². The number of nitrogens with zero attached hydrogens (tertiary/aromatic N) is 4. The van der Waals surface area contributed by atoms with E-state index in [4.69, 9.17) is 9.47 Å². The van der Waals surface area contributed by atoms with E-state index in [1.165, 1.54) is 13.2 Å². The van der Waals surface area contributed by atoms with Gasteiger partial charge in [-0.05, 0) is 64.7 Å². The molecule has 206 valence electrons. The van der Waals surface area contributed by atoms with E-state index in [-0.39, 0.29) is 17.4 Å². The number of hydrogen-bond acceptors (Lipinski definition) is 8. The van der Waals surface area contributed by atoms with Gasteiger partial charge in [-0.1, -0.05) is 13.0 Å². The van der Waals surface area contributed by atoms with Crippen LogP contribution in [0.5, 0.6) is 5.75 Å². The van der Waals surface area contributed by atoms with Crippen LogP contribution in [0.15, 0.2) is 24.3 Å². The van der Waals surface area contributed by atoms with Crippen LogP contribution in [0.25, 0.3) is 11.3 Å². The monoisotopic (exact) mass is 526 g/mol. The molecule has 2 atom stereocenters. The van der Waals surface area contributed by atoms with Gasteiger partial charge in [0.25, 0.3) is 0 Å². The van der Waals surface area contributed by atoms with Gasteiger partial charge in [0.05, 0.1) is 24.0 Å². The first-order valence-corrected chi connectivity index (χ1v) is 13.6. The lowest BCUT2D eigenvalue weighted by Crippen LogP contribution is -2.52. The van der Waals surface area contributed by atoms with Crippen LogP contribution in [0.4, 0.5) is 20.7 Å². The van der Waals surface area contributed by atoms with Crippen LogP contribution < -0.4 is 20.3 Å². The van der Waals surface area contributed by atoms with Crippen LogP contribution >= 0.6 is 0 Å². The number of aromatic nitrogens is 2. The van der Waals surface area contributed by atoms with E-state index < -0.39 is 11.4 Å². The molecule has 0 unspecified atom stereocenters. The number of methoxy groups -OCH3 is 1. The first kappa shape index (κ1) is 26.5. The maximum Gasteiger partial charge on any atom is 0.410 e. The molecule has 2 aromatic rings. The highest BCUT2D eigenvalue weighted by atomic mass is 19.1. The lowest BCUT2D eigenvalue weighted by Gasteiger charge is -2.43. The number of piperidine rings is 1. The number of ether oxygens (including phenoxy) is 2. The van der Waals surface area contributed by atoms with Gasteiger partial charge in [-0.15, -0.1) is 10.2 Å². The lowest BCUT2D eigenvalue weighted by atomic mass is 9.89. The highest BCUT2D eigenvalue weighted by molar-refractivity contribution is 5.78. The van der Waals surface area contributed by atoms with Crippen molar-refractivity contribution in [2.75, 3.05) is 43.5 Å². The summed E-state index contributed by atoms with van der Waals surface area (Å²) in [6, 6.07) is 7.50. The van der Waals surface area contributed by atoms with Crippen LogP contribution in [0.3, 0.4) is 0 Å². The standard InChI is InChI=1S/C28H39FN6O3/c1-6-28-15-19(31-18-10-12-34(13-11-18)26(36)38-27(2,3)4)16-35(28)23-14-22(32-33-25(23)30-17-28)20-8-7-9-21(29)24(20)37-5/h7-9,14,18-19,31H,6,10-13,15-17H2,1-5H3,(H,30,33)/t19-,28-/m1/s1. The molecule has 2 saturated heterocycles. The first-order valence-electron chi connectivity index (χ1n) is 13.6. The van der Waals surface area contributed by atoms with E-state index >= 15 is 0 Å². The second-order valence-corrected chi connectivity index (χ2v) is 11.6. The summed E-state index contributed by atoms with van der Waals surface area (Å²) in [6.45, 7) is 11.0. The Labute approximate surface area is 224 Å². The molecule has 0 saturated carbocycles. The molecule has 0 bridgehead atoms. The van der Waals surface area contributed by atoms with Crippen LogP contribution in [0, 0.1) is 5.82 Å². The third-order valence-corrected chi connectivity index (χ3v) is 7.97. The second-order valence-electron chi connectivity index (χ2n) is 11.6. The maximum absolute atomic E-state index is 14.4. The van der Waals surface area contributed by atoms with E-state index in [1.54, 1.807) is 12.1 Å². The fraction of sp³-hybridized carbons (Fsp3) is 0.607. The summed E-state index contributed by atoms with van der Waals surface area (Å²) in [5.74, 6) is 0.499. The van der Waals surface area contributed by atoms with Crippen molar-refractivity contribution in [3.63, 3.8) is 0 Å². The quantitative estimate of drug-likeness (QED) is 0.591. The average Bonchev–Trinajstić information content (AvgIpc) is 3.27. The number of nitrogens with one attached hydrogen (secondary N) is 2. The molecule has 1 amide bonds. The smallest absolute Gasteiger partial charge is 0.410 e. The number of para-hydroxylation sites is 1. The number of amides is 1. The molecular formula is C28H39FN6O3. The Morgan fingerprint density at radius 3 is 2.68 bits per heavy atom. The lowest BCUT2D eigenvalue weighted by molar-refractivity contribution is 0.0196. The molecule has 2 N–H and O–H groups in total. The maximum atomic E-state index is 14.4. The van der Waals surface area contributed by atoms with Crippen molar-refractivity contribution in [1.29, 1.82) is 0 Å². The van der Waals surface area contributed by atoms with Gasteiger partial charge >= 0.3 is 6.09 Å². The van der Waals surface area contributed by atoms with Gasteiger partial charge in [0.15, 0.2) is 17.4 Å². The summed E-state index contributed by atoms with van der Waals surface area (Å²) in [6.07, 6.45) is 3.56. The number of halogens is 1. The summed E-state index contributed by atoms with van der Waals surface area (Å²) >= 11 is 0. The van der Waals surface area contributed by atoms with E-state index in [9.17, 15) is 9.18 Å². The van der Waals surface area contributed by atoms with Crippen molar-refractivity contribution in [1.82, 2.24) is 20.4 Å². The first-order chi connectivity index (χ1) is 18.1. The van der Waals surface area contributed by atoms with Gasteiger partial charge in [-0.25, -0.2) is 9.18 Å². The van der Waals surface area contributed by atoms with Crippen LogP contribution in [-0.4, -0.2) is 77.7 Å². The number of hydrogen-bond donors (Lipinski definition) is 2. The number of anilines is 2. The molecule has 1 aromatic heterocycles. The molecular weight excluding hydrogens is 487 g/mol. The zero-order valence-electron chi connectivity index (χ0n) is 23.0. The number of rotatable bonds is 5. The average molecular weight is 527 g/mol. The minimum absolute atomic E-state index is 0.0474. The highest BCUT2D eigenvalue weighted by Gasteiger charge is 2.48. The molecule has 9 nitrogen and oxygen atoms in total. The number of carbonyl (C=O) groups is 1. The van der Waals surface area contributed by atoms with Crippen molar-refractivity contribution in [3.8, 4) is 17.0 Å². The Hall–Kier alpha value is -3.14. The zero-order valence-corrected chi connectivity index (χ0v) is 23.0. The van der Waals surface area contributed by atoms with Gasteiger partial charge in [0.1, 0.15) is 5.60 Å². The zero-order chi connectivity index (χ0) is 27.1. The van der Waals surface area contributed by atoms with E-state index in [2.05, 4.69) is 32.7 Å². The Morgan fingerprint density at radius 1 is 1.24 bits per heavy atom. The summed E-state index contributed by atoms with van der Waals surface area (Å²) in [5, 5.41) is 16.2. The number of carbonyl (C=O) groups excluding carboxylic acids is 1. The minimum atomic E-state index is -0.483. The largest absolute Gasteiger partial charge is 0.493 e. The van der Waals surface area contributed by atoms with Crippen LogP contribution in [0.1, 0.15) is 53.4 Å². The third kappa shape index (κ3) is 5.10. The normalized spacial score (nSPS) is 23.5. The Bertz CT molecular complexity index is 1180. The predicted molar refractivity (Wildman–Crippen MR) is 145 cm³/mol. The van der Waals surface area contributed by atoms with Crippen LogP contribution in [0.2, 0.25) is 0 Å². The van der Waals surface area contributed by atoms with Gasteiger partial charge in [-0.3, -0.25) is 0 Å². The molecule has 1 aromatic carbocycles. The molecule has 4 heterocycles. The molecule has 0 radical (unpaired) electrons. The Morgan fingerprint density at radius 2 is 2.00 bits per heavy atom. The van der Waals surface area contributed by atoms with Crippen LogP contribution in [-0.2, 0) is 4.74 Å². The summed E-state index contributed by atoms with van der Waals surface area (Å²) in [5.41, 5.74) is 1.62. The van der Waals surface area contributed by atoms with Crippen molar-refractivity contribution in [3.05, 3.63) is 30.1 Å². The number of fused-ring (bicyclic) bond motifs is 3. The van der Waals surface area contributed by atoms with Crippen molar-refractivity contribution >= 4 is 17.6 Å². The molecule has 2 fully saturated rings. The van der Waals surface area contributed by atoms with Crippen molar-refractivity contribution in [2.24, 2.45) is 0 Å². The Kier molecular flexibility index (Phi) is 7.11. The topological polar surface area (TPSA) is 91.9 Å². The van der Waals surface area contributed by atoms with Gasteiger partial charge < -0.3 is 29.9 Å². The van der Waals surface area contributed by atoms with E-state index in [1.807, 2.05) is 31.7 Å². The molecule has 3 aliphatic rings. The number of benzene rings is 1. The van der Waals surface area contributed by atoms with Gasteiger partial charge in [-0.2, -0.15) is 0 Å². The molecule has 5 rings (SSSR count). The van der Waals surface area contributed by atoms with Gasteiger partial charge in [0.2, 0.25) is 0 Å². The minimum Gasteiger partial charge on any atom is -0.493 e. The summed E-state index contributed by atoms with van der Waals surface area (Å²) < 4.78 is 25.3. The molecule has 38 heavy (non-hydrogen) atoms. The molecule has 0 aliphatic carbocycles. The molecule has 10 heteroatoms. The molecule has 0 spiro atoms. The molecule has 3 aliphatic heterocycles. The Balaban J connectivity index is 1.30. The van der Waals surface area contributed by atoms with E-state index in [0.717, 1.165) is 50.3 Å². The number of likely N-dealkylation sites (tertiary alicyclic amines) is 1. The highest BCUT2D eigenvalue weighted by Crippen LogP contribution is 2.45. The van der Waals surface area contributed by atoms with Crippen molar-refractivity contribution in [2.45, 2.75) is 76.6 Å². The van der Waals surface area contributed by atoms with Crippen molar-refractivity contribution < 1.29 is 18.7 Å². The second kappa shape index (κ2) is 10.2. The summed E-state index contributed by atoms with van der Waals surface area (Å²) in [7, 11) is 1.46. The SMILES string of the molecule is CC[C@@]12CNc3nnc(-c4cccc(F)c4OC)cc3N1C[C@H](NC1CCN(C(=O)OC(C)(C)C)CC1)C2.